The topological polar surface area (TPSA) is 26.0 Å². The van der Waals surface area contributed by atoms with Crippen molar-refractivity contribution in [2.24, 2.45) is 5.92 Å². The molecule has 5 aromatic rings. The fraction of sp³-hybridized carbons (Fsp3) is 0.233. The molecule has 1 saturated carbocycles. The van der Waals surface area contributed by atoms with E-state index in [1.807, 2.05) is 6.07 Å². The zero-order valence-electron chi connectivity index (χ0n) is 18.5. The second-order valence-corrected chi connectivity index (χ2v) is 9.21. The van der Waals surface area contributed by atoms with Gasteiger partial charge in [-0.15, -0.1) is 0 Å². The molecule has 0 spiro atoms. The van der Waals surface area contributed by atoms with E-state index >= 15 is 0 Å². The summed E-state index contributed by atoms with van der Waals surface area (Å²) in [5.41, 5.74) is 8.99. The van der Waals surface area contributed by atoms with E-state index in [9.17, 15) is 0 Å². The lowest BCUT2D eigenvalue weighted by Crippen LogP contribution is -2.02. The molecular formula is C30H27NO. The number of hydrogen-bond acceptors (Lipinski definition) is 2. The molecule has 32 heavy (non-hydrogen) atoms. The van der Waals surface area contributed by atoms with Gasteiger partial charge in [-0.1, -0.05) is 74.2 Å². The molecule has 2 nitrogen and oxygen atoms in total. The number of hydrogen-bond donors (Lipinski definition) is 0. The van der Waals surface area contributed by atoms with Crippen LogP contribution in [0.25, 0.3) is 44.3 Å². The minimum atomic E-state index is 0.832. The van der Waals surface area contributed by atoms with Gasteiger partial charge in [-0.05, 0) is 65.8 Å². The number of aryl methyl sites for hydroxylation is 1. The molecule has 0 atom stereocenters. The van der Waals surface area contributed by atoms with Crippen molar-refractivity contribution >= 4 is 21.9 Å². The lowest BCUT2D eigenvalue weighted by Gasteiger charge is -2.12. The normalized spacial score (nSPS) is 14.5. The Balaban J connectivity index is 1.42. The van der Waals surface area contributed by atoms with Gasteiger partial charge in [0.1, 0.15) is 11.2 Å². The van der Waals surface area contributed by atoms with E-state index in [4.69, 9.17) is 9.40 Å². The summed E-state index contributed by atoms with van der Waals surface area (Å²) >= 11 is 0. The number of aromatic nitrogens is 1. The molecule has 0 aliphatic heterocycles. The highest BCUT2D eigenvalue weighted by Gasteiger charge is 2.18. The number of pyridine rings is 1. The Bertz CT molecular complexity index is 1410. The highest BCUT2D eigenvalue weighted by atomic mass is 16.3. The number of nitrogens with zero attached hydrogens (tertiary/aromatic N) is 1. The van der Waals surface area contributed by atoms with Crippen molar-refractivity contribution in [1.29, 1.82) is 0 Å². The largest absolute Gasteiger partial charge is 0.455 e. The molecule has 3 aromatic carbocycles. The molecule has 0 amide bonds. The van der Waals surface area contributed by atoms with Crippen LogP contribution >= 0.6 is 0 Å². The third kappa shape index (κ3) is 3.40. The van der Waals surface area contributed by atoms with Crippen LogP contribution in [0.3, 0.4) is 0 Å². The molecular weight excluding hydrogens is 390 g/mol. The standard InChI is InChI=1S/C30H27NO/c1-20-16-28(31-19-24(20)17-21-8-5-6-9-21)27-13-7-12-26-25-15-14-23(18-29(25)32-30(26)27)22-10-3-2-4-11-22/h2-4,7,10-16,18-19,21H,5-6,8-9,17H2,1H3. The zero-order valence-corrected chi connectivity index (χ0v) is 18.5. The Labute approximate surface area is 188 Å². The molecule has 2 heteroatoms. The summed E-state index contributed by atoms with van der Waals surface area (Å²) in [6, 6.07) is 25.6. The fourth-order valence-electron chi connectivity index (χ4n) is 5.28. The Morgan fingerprint density at radius 2 is 1.69 bits per heavy atom. The van der Waals surface area contributed by atoms with E-state index in [0.29, 0.717) is 0 Å². The highest BCUT2D eigenvalue weighted by Crippen LogP contribution is 2.37. The van der Waals surface area contributed by atoms with Gasteiger partial charge >= 0.3 is 0 Å². The molecule has 0 N–H and O–H groups in total. The van der Waals surface area contributed by atoms with Crippen LogP contribution < -0.4 is 0 Å². The van der Waals surface area contributed by atoms with Crippen LogP contribution in [0.4, 0.5) is 0 Å². The first-order chi connectivity index (χ1) is 15.8. The van der Waals surface area contributed by atoms with Crippen LogP contribution in [0.15, 0.2) is 83.4 Å². The Hall–Kier alpha value is -3.39. The number of benzene rings is 3. The molecule has 1 fully saturated rings. The van der Waals surface area contributed by atoms with Gasteiger partial charge in [0.05, 0.1) is 5.69 Å². The van der Waals surface area contributed by atoms with Crippen molar-refractivity contribution in [3.8, 4) is 22.4 Å². The van der Waals surface area contributed by atoms with Gasteiger partial charge < -0.3 is 4.42 Å². The smallest absolute Gasteiger partial charge is 0.144 e. The molecule has 2 heterocycles. The van der Waals surface area contributed by atoms with E-state index in [2.05, 4.69) is 79.9 Å². The molecule has 1 aliphatic rings. The Kier molecular flexibility index (Phi) is 4.79. The van der Waals surface area contributed by atoms with Crippen LogP contribution in [0.2, 0.25) is 0 Å². The third-order valence-electron chi connectivity index (χ3n) is 7.08. The molecule has 6 rings (SSSR count). The predicted molar refractivity (Wildman–Crippen MR) is 133 cm³/mol. The van der Waals surface area contributed by atoms with Gasteiger partial charge in [0.2, 0.25) is 0 Å². The van der Waals surface area contributed by atoms with Crippen LogP contribution in [-0.4, -0.2) is 4.98 Å². The molecule has 158 valence electrons. The SMILES string of the molecule is Cc1cc(-c2cccc3c2oc2cc(-c4ccccc4)ccc23)ncc1CC1CCCC1. The summed E-state index contributed by atoms with van der Waals surface area (Å²) in [6.07, 6.45) is 8.76. The second-order valence-electron chi connectivity index (χ2n) is 9.21. The highest BCUT2D eigenvalue weighted by molar-refractivity contribution is 6.10. The van der Waals surface area contributed by atoms with E-state index in [0.717, 1.165) is 45.5 Å². The zero-order chi connectivity index (χ0) is 21.5. The van der Waals surface area contributed by atoms with Crippen molar-refractivity contribution in [1.82, 2.24) is 4.98 Å². The lowest BCUT2D eigenvalue weighted by molar-refractivity contribution is 0.544. The summed E-state index contributed by atoms with van der Waals surface area (Å²) in [6.45, 7) is 2.22. The maximum absolute atomic E-state index is 6.44. The van der Waals surface area contributed by atoms with E-state index in [1.165, 1.54) is 47.9 Å². The monoisotopic (exact) mass is 417 g/mol. The third-order valence-corrected chi connectivity index (χ3v) is 7.08. The summed E-state index contributed by atoms with van der Waals surface area (Å²) in [5, 5.41) is 2.29. The maximum atomic E-state index is 6.44. The molecule has 2 aromatic heterocycles. The quantitative estimate of drug-likeness (QED) is 0.294. The molecule has 0 saturated heterocycles. The average Bonchev–Trinajstić information content (AvgIpc) is 3.48. The van der Waals surface area contributed by atoms with Crippen molar-refractivity contribution < 1.29 is 4.42 Å². The molecule has 0 unspecified atom stereocenters. The summed E-state index contributed by atoms with van der Waals surface area (Å²) in [4.78, 5) is 4.88. The number of furan rings is 1. The van der Waals surface area contributed by atoms with Crippen molar-refractivity contribution in [2.45, 2.75) is 39.0 Å². The van der Waals surface area contributed by atoms with Gasteiger partial charge in [0.15, 0.2) is 0 Å². The van der Waals surface area contributed by atoms with Crippen LogP contribution in [0.5, 0.6) is 0 Å². The lowest BCUT2D eigenvalue weighted by atomic mass is 9.95. The summed E-state index contributed by atoms with van der Waals surface area (Å²) < 4.78 is 6.44. The Morgan fingerprint density at radius 3 is 2.50 bits per heavy atom. The first-order valence-corrected chi connectivity index (χ1v) is 11.7. The molecule has 0 radical (unpaired) electrons. The minimum absolute atomic E-state index is 0.832. The van der Waals surface area contributed by atoms with Gasteiger partial charge in [0.25, 0.3) is 0 Å². The molecule has 1 aliphatic carbocycles. The summed E-state index contributed by atoms with van der Waals surface area (Å²) in [5.74, 6) is 0.832. The molecule has 0 bridgehead atoms. The summed E-state index contributed by atoms with van der Waals surface area (Å²) in [7, 11) is 0. The maximum Gasteiger partial charge on any atom is 0.144 e. The number of para-hydroxylation sites is 1. The van der Waals surface area contributed by atoms with Crippen LogP contribution in [0, 0.1) is 12.8 Å². The van der Waals surface area contributed by atoms with Crippen molar-refractivity contribution in [3.63, 3.8) is 0 Å². The van der Waals surface area contributed by atoms with Crippen LogP contribution in [0.1, 0.15) is 36.8 Å². The van der Waals surface area contributed by atoms with E-state index < -0.39 is 0 Å². The minimum Gasteiger partial charge on any atom is -0.455 e. The predicted octanol–water partition coefficient (Wildman–Crippen LogP) is 8.36. The number of rotatable bonds is 4. The first kappa shape index (κ1) is 19.3. The van der Waals surface area contributed by atoms with E-state index in [1.54, 1.807) is 0 Å². The van der Waals surface area contributed by atoms with Gasteiger partial charge in [-0.3, -0.25) is 4.98 Å². The van der Waals surface area contributed by atoms with Gasteiger partial charge in [-0.25, -0.2) is 0 Å². The fourth-order valence-corrected chi connectivity index (χ4v) is 5.28. The van der Waals surface area contributed by atoms with Gasteiger partial charge in [-0.2, -0.15) is 0 Å². The average molecular weight is 418 g/mol. The van der Waals surface area contributed by atoms with Crippen molar-refractivity contribution in [3.05, 3.63) is 90.1 Å². The second kappa shape index (κ2) is 7.94. The first-order valence-electron chi connectivity index (χ1n) is 11.7. The van der Waals surface area contributed by atoms with Crippen molar-refractivity contribution in [2.75, 3.05) is 0 Å². The van der Waals surface area contributed by atoms with Crippen LogP contribution in [-0.2, 0) is 6.42 Å². The van der Waals surface area contributed by atoms with E-state index in [-0.39, 0.29) is 0 Å². The number of fused-ring (bicyclic) bond motifs is 3. The Morgan fingerprint density at radius 1 is 0.844 bits per heavy atom. The van der Waals surface area contributed by atoms with Gasteiger partial charge in [0, 0.05) is 22.5 Å².